The molecule has 0 bridgehead atoms. The highest BCUT2D eigenvalue weighted by molar-refractivity contribution is 5.28. The van der Waals surface area contributed by atoms with Gasteiger partial charge in [-0.3, -0.25) is 0 Å². The maximum absolute atomic E-state index is 14.4. The second kappa shape index (κ2) is 9.26. The average molecular weight is 380 g/mol. The van der Waals surface area contributed by atoms with Gasteiger partial charge in [-0.05, 0) is 56.2 Å². The molecule has 27 heavy (non-hydrogen) atoms. The van der Waals surface area contributed by atoms with E-state index >= 15 is 0 Å². The standard InChI is InChI=1S/C22H30F2O3/c1-3-5-6-7-16-8-9-17(12-19(16)23)18-10-11-20(25-13-18)21-26-14-22(24,4-2)15-27-21/h3,5,8-9,12,18,20-21H,4,6-7,10-11,13-15H2,1-2H3. The fraction of sp³-hybridized carbons (Fsp3) is 0.636. The molecule has 2 aliphatic rings. The third-order valence-corrected chi connectivity index (χ3v) is 5.63. The Kier molecular flexibility index (Phi) is 7.01. The predicted molar refractivity (Wildman–Crippen MR) is 101 cm³/mol. The fourth-order valence-electron chi connectivity index (χ4n) is 3.65. The summed E-state index contributed by atoms with van der Waals surface area (Å²) in [5.41, 5.74) is 0.334. The Labute approximate surface area is 160 Å². The van der Waals surface area contributed by atoms with Crippen LogP contribution >= 0.6 is 0 Å². The average Bonchev–Trinajstić information content (AvgIpc) is 2.70. The molecule has 2 fully saturated rings. The van der Waals surface area contributed by atoms with Crippen molar-refractivity contribution in [1.82, 2.24) is 0 Å². The lowest BCUT2D eigenvalue weighted by Gasteiger charge is -2.39. The summed E-state index contributed by atoms with van der Waals surface area (Å²) in [4.78, 5) is 0. The van der Waals surface area contributed by atoms with E-state index in [0.717, 1.165) is 30.4 Å². The van der Waals surface area contributed by atoms with Gasteiger partial charge in [-0.1, -0.05) is 31.2 Å². The van der Waals surface area contributed by atoms with Crippen LogP contribution in [0.3, 0.4) is 0 Å². The molecule has 0 saturated carbocycles. The Morgan fingerprint density at radius 2 is 1.96 bits per heavy atom. The van der Waals surface area contributed by atoms with E-state index in [1.54, 1.807) is 13.0 Å². The lowest BCUT2D eigenvalue weighted by atomic mass is 9.90. The van der Waals surface area contributed by atoms with Crippen LogP contribution in [0.1, 0.15) is 56.6 Å². The van der Waals surface area contributed by atoms with Gasteiger partial charge >= 0.3 is 0 Å². The van der Waals surface area contributed by atoms with Crippen LogP contribution in [0.4, 0.5) is 8.78 Å². The first-order valence-electron chi connectivity index (χ1n) is 9.98. The first-order valence-corrected chi connectivity index (χ1v) is 9.98. The van der Waals surface area contributed by atoms with E-state index < -0.39 is 12.0 Å². The molecule has 2 heterocycles. The third-order valence-electron chi connectivity index (χ3n) is 5.63. The Hall–Kier alpha value is -1.30. The summed E-state index contributed by atoms with van der Waals surface area (Å²) in [6.07, 6.45) is 6.90. The molecule has 0 aromatic heterocycles. The summed E-state index contributed by atoms with van der Waals surface area (Å²) < 4.78 is 45.6. The molecule has 5 heteroatoms. The molecule has 0 spiro atoms. The molecule has 150 valence electrons. The van der Waals surface area contributed by atoms with E-state index in [1.807, 2.05) is 31.2 Å². The van der Waals surface area contributed by atoms with Crippen LogP contribution in [-0.2, 0) is 20.6 Å². The van der Waals surface area contributed by atoms with Gasteiger partial charge in [0.2, 0.25) is 0 Å². The molecular weight excluding hydrogens is 350 g/mol. The molecular formula is C22H30F2O3. The molecule has 0 radical (unpaired) electrons. The van der Waals surface area contributed by atoms with Gasteiger partial charge in [-0.2, -0.15) is 0 Å². The SMILES string of the molecule is CC=CCCc1ccc(C2CCC(C3OCC(F)(CC)CO3)OC2)cc1F. The van der Waals surface area contributed by atoms with Crippen molar-refractivity contribution in [1.29, 1.82) is 0 Å². The van der Waals surface area contributed by atoms with Gasteiger partial charge in [-0.15, -0.1) is 0 Å². The van der Waals surface area contributed by atoms with Gasteiger partial charge in [0.1, 0.15) is 11.9 Å². The highest BCUT2D eigenvalue weighted by atomic mass is 19.1. The fourth-order valence-corrected chi connectivity index (χ4v) is 3.65. The summed E-state index contributed by atoms with van der Waals surface area (Å²) in [7, 11) is 0. The zero-order valence-corrected chi connectivity index (χ0v) is 16.3. The van der Waals surface area contributed by atoms with Crippen molar-refractivity contribution in [3.63, 3.8) is 0 Å². The van der Waals surface area contributed by atoms with Crippen molar-refractivity contribution in [2.75, 3.05) is 19.8 Å². The predicted octanol–water partition coefficient (Wildman–Crippen LogP) is 5.09. The number of halogens is 2. The Morgan fingerprint density at radius 1 is 1.19 bits per heavy atom. The lowest BCUT2D eigenvalue weighted by molar-refractivity contribution is -0.277. The molecule has 2 atom stereocenters. The van der Waals surface area contributed by atoms with E-state index in [0.29, 0.717) is 19.4 Å². The Balaban J connectivity index is 1.51. The minimum Gasteiger partial charge on any atom is -0.372 e. The molecule has 0 aliphatic carbocycles. The molecule has 2 unspecified atom stereocenters. The van der Waals surface area contributed by atoms with E-state index in [2.05, 4.69) is 0 Å². The van der Waals surface area contributed by atoms with Gasteiger partial charge in [-0.25, -0.2) is 8.78 Å². The number of aryl methyl sites for hydroxylation is 1. The first kappa shape index (κ1) is 20.4. The van der Waals surface area contributed by atoms with Gasteiger partial charge < -0.3 is 14.2 Å². The van der Waals surface area contributed by atoms with Crippen molar-refractivity contribution in [3.05, 3.63) is 47.3 Å². The molecule has 3 nitrogen and oxygen atoms in total. The quantitative estimate of drug-likeness (QED) is 0.644. The normalized spacial score (nSPS) is 32.1. The van der Waals surface area contributed by atoms with Gasteiger partial charge in [0.05, 0.1) is 19.8 Å². The number of alkyl halides is 1. The largest absolute Gasteiger partial charge is 0.372 e. The summed E-state index contributed by atoms with van der Waals surface area (Å²) in [6.45, 7) is 4.37. The number of rotatable bonds is 6. The number of benzene rings is 1. The second-order valence-corrected chi connectivity index (χ2v) is 7.60. The zero-order chi connectivity index (χ0) is 19.3. The third kappa shape index (κ3) is 5.15. The van der Waals surface area contributed by atoms with Gasteiger partial charge in [0.15, 0.2) is 12.0 Å². The molecule has 0 N–H and O–H groups in total. The van der Waals surface area contributed by atoms with E-state index in [9.17, 15) is 8.78 Å². The van der Waals surface area contributed by atoms with Crippen molar-refractivity contribution in [2.24, 2.45) is 0 Å². The van der Waals surface area contributed by atoms with Gasteiger partial charge in [0, 0.05) is 5.92 Å². The Bertz CT molecular complexity index is 630. The minimum atomic E-state index is -1.39. The number of allylic oxidation sites excluding steroid dienone is 2. The van der Waals surface area contributed by atoms with Crippen molar-refractivity contribution in [2.45, 2.75) is 69.9 Å². The van der Waals surface area contributed by atoms with Crippen LogP contribution in [0.15, 0.2) is 30.4 Å². The van der Waals surface area contributed by atoms with E-state index in [4.69, 9.17) is 14.2 Å². The summed E-state index contributed by atoms with van der Waals surface area (Å²) >= 11 is 0. The van der Waals surface area contributed by atoms with Crippen LogP contribution < -0.4 is 0 Å². The molecule has 2 saturated heterocycles. The van der Waals surface area contributed by atoms with Crippen LogP contribution in [0.5, 0.6) is 0 Å². The van der Waals surface area contributed by atoms with Crippen LogP contribution in [0, 0.1) is 5.82 Å². The van der Waals surface area contributed by atoms with Crippen LogP contribution in [0.25, 0.3) is 0 Å². The smallest absolute Gasteiger partial charge is 0.183 e. The van der Waals surface area contributed by atoms with Gasteiger partial charge in [0.25, 0.3) is 0 Å². The summed E-state index contributed by atoms with van der Waals surface area (Å²) in [5, 5.41) is 0. The lowest BCUT2D eigenvalue weighted by Crippen LogP contribution is -2.49. The van der Waals surface area contributed by atoms with Crippen LogP contribution in [0.2, 0.25) is 0 Å². The number of hydrogen-bond acceptors (Lipinski definition) is 3. The summed E-state index contributed by atoms with van der Waals surface area (Å²) in [6, 6.07) is 5.54. The second-order valence-electron chi connectivity index (χ2n) is 7.60. The maximum atomic E-state index is 14.4. The molecule has 1 aromatic carbocycles. The first-order chi connectivity index (χ1) is 13.0. The van der Waals surface area contributed by atoms with Crippen LogP contribution in [-0.4, -0.2) is 37.9 Å². The minimum absolute atomic E-state index is 0.0529. The van der Waals surface area contributed by atoms with E-state index in [-0.39, 0.29) is 31.1 Å². The van der Waals surface area contributed by atoms with E-state index in [1.165, 1.54) is 0 Å². The molecule has 0 amide bonds. The monoisotopic (exact) mass is 380 g/mol. The highest BCUT2D eigenvalue weighted by Crippen LogP contribution is 2.33. The Morgan fingerprint density at radius 3 is 2.56 bits per heavy atom. The molecule has 1 aromatic rings. The number of hydrogen-bond donors (Lipinski definition) is 0. The van der Waals surface area contributed by atoms with Crippen molar-refractivity contribution < 1.29 is 23.0 Å². The van der Waals surface area contributed by atoms with Crippen molar-refractivity contribution >= 4 is 0 Å². The van der Waals surface area contributed by atoms with Crippen molar-refractivity contribution in [3.8, 4) is 0 Å². The maximum Gasteiger partial charge on any atom is 0.183 e. The summed E-state index contributed by atoms with van der Waals surface area (Å²) in [5.74, 6) is 0.0248. The molecule has 2 aliphatic heterocycles. The number of ether oxygens (including phenoxy) is 3. The topological polar surface area (TPSA) is 27.7 Å². The zero-order valence-electron chi connectivity index (χ0n) is 16.3. The molecule has 3 rings (SSSR count). The highest BCUT2D eigenvalue weighted by Gasteiger charge is 2.40.